The summed E-state index contributed by atoms with van der Waals surface area (Å²) in [6.45, 7) is 5.93. The molecule has 0 bridgehead atoms. The van der Waals surface area contributed by atoms with Gasteiger partial charge in [-0.25, -0.2) is 4.98 Å². The van der Waals surface area contributed by atoms with Gasteiger partial charge in [0.05, 0.1) is 10.7 Å². The molecule has 2 amide bonds. The molecule has 1 atom stereocenters. The van der Waals surface area contributed by atoms with Gasteiger partial charge < -0.3 is 10.2 Å². The van der Waals surface area contributed by atoms with Crippen LogP contribution in [0, 0.1) is 5.92 Å². The highest BCUT2D eigenvalue weighted by atomic mass is 32.1. The number of aromatic nitrogens is 1. The largest absolute Gasteiger partial charge is 0.355 e. The summed E-state index contributed by atoms with van der Waals surface area (Å²) in [5.41, 5.74) is 1.02. The predicted octanol–water partition coefficient (Wildman–Crippen LogP) is 3.94. The van der Waals surface area contributed by atoms with E-state index in [1.807, 2.05) is 42.3 Å². The molecule has 1 aliphatic rings. The number of thiophene rings is 1. The summed E-state index contributed by atoms with van der Waals surface area (Å²) >= 11 is 3.30. The van der Waals surface area contributed by atoms with E-state index >= 15 is 0 Å². The van der Waals surface area contributed by atoms with Crippen LogP contribution in [0.15, 0.2) is 29.0 Å². The van der Waals surface area contributed by atoms with Crippen LogP contribution in [-0.4, -0.2) is 41.3 Å². The van der Waals surface area contributed by atoms with E-state index in [9.17, 15) is 9.59 Å². The van der Waals surface area contributed by atoms with E-state index in [2.05, 4.69) is 10.7 Å². The minimum atomic E-state index is 0.00520. The molecule has 7 heteroatoms. The molecule has 0 radical (unpaired) electrons. The lowest BCUT2D eigenvalue weighted by atomic mass is 9.98. The number of rotatable bonds is 7. The maximum Gasteiger partial charge on any atom is 0.246 e. The first-order chi connectivity index (χ1) is 13.5. The van der Waals surface area contributed by atoms with Gasteiger partial charge in [0.15, 0.2) is 0 Å². The Morgan fingerprint density at radius 1 is 1.39 bits per heavy atom. The molecule has 1 saturated heterocycles. The van der Waals surface area contributed by atoms with Crippen molar-refractivity contribution in [3.63, 3.8) is 0 Å². The van der Waals surface area contributed by atoms with Crippen molar-refractivity contribution in [2.45, 2.75) is 39.0 Å². The highest BCUT2D eigenvalue weighted by molar-refractivity contribution is 7.10. The number of hydrogen-bond donors (Lipinski definition) is 1. The van der Waals surface area contributed by atoms with Gasteiger partial charge in [-0.05, 0) is 30.4 Å². The molecule has 0 spiro atoms. The smallest absolute Gasteiger partial charge is 0.246 e. The molecule has 1 N–H and O–H groups in total. The Hall–Kier alpha value is -1.99. The first-order valence-corrected chi connectivity index (χ1v) is 11.5. The Kier molecular flexibility index (Phi) is 7.39. The lowest BCUT2D eigenvalue weighted by Crippen LogP contribution is -2.38. The van der Waals surface area contributed by atoms with Crippen LogP contribution in [0.1, 0.15) is 48.2 Å². The highest BCUT2D eigenvalue weighted by Crippen LogP contribution is 2.29. The fraction of sp³-hybridized carbons (Fsp3) is 0.476. The molecule has 0 aromatic carbocycles. The molecule has 28 heavy (non-hydrogen) atoms. The second-order valence-corrected chi connectivity index (χ2v) is 9.21. The third-order valence-electron chi connectivity index (χ3n) is 4.79. The van der Waals surface area contributed by atoms with Crippen LogP contribution in [0.5, 0.6) is 0 Å². The maximum atomic E-state index is 12.5. The number of thiazole rings is 1. The maximum absolute atomic E-state index is 12.5. The fourth-order valence-electron chi connectivity index (χ4n) is 3.17. The summed E-state index contributed by atoms with van der Waals surface area (Å²) in [5, 5.41) is 8.12. The minimum Gasteiger partial charge on any atom is -0.355 e. The van der Waals surface area contributed by atoms with Gasteiger partial charge >= 0.3 is 0 Å². The topological polar surface area (TPSA) is 62.3 Å². The lowest BCUT2D eigenvalue weighted by Gasteiger charge is -2.31. The van der Waals surface area contributed by atoms with Crippen LogP contribution in [0.4, 0.5) is 0 Å². The number of carbonyl (C=O) groups is 2. The van der Waals surface area contributed by atoms with Gasteiger partial charge in [-0.2, -0.15) is 0 Å². The average Bonchev–Trinajstić information content (AvgIpc) is 3.38. The second-order valence-electron chi connectivity index (χ2n) is 7.34. The van der Waals surface area contributed by atoms with Crippen molar-refractivity contribution < 1.29 is 9.59 Å². The van der Waals surface area contributed by atoms with E-state index in [1.54, 1.807) is 28.7 Å². The molecule has 3 rings (SSSR count). The van der Waals surface area contributed by atoms with Crippen molar-refractivity contribution in [3.8, 4) is 0 Å². The summed E-state index contributed by atoms with van der Waals surface area (Å²) in [4.78, 5) is 32.0. The van der Waals surface area contributed by atoms with E-state index in [0.29, 0.717) is 12.5 Å². The summed E-state index contributed by atoms with van der Waals surface area (Å²) < 4.78 is 0. The van der Waals surface area contributed by atoms with E-state index in [1.165, 1.54) is 0 Å². The van der Waals surface area contributed by atoms with Gasteiger partial charge in [0.2, 0.25) is 11.8 Å². The normalized spacial score (nSPS) is 17.4. The zero-order valence-electron chi connectivity index (χ0n) is 16.4. The van der Waals surface area contributed by atoms with Crippen LogP contribution in [0.3, 0.4) is 0 Å². The number of hydrogen-bond acceptors (Lipinski definition) is 5. The molecule has 2 aromatic rings. The summed E-state index contributed by atoms with van der Waals surface area (Å²) in [6.07, 6.45) is 6.38. The summed E-state index contributed by atoms with van der Waals surface area (Å²) in [5.74, 6) is 0.459. The molecule has 150 valence electrons. The average molecular weight is 418 g/mol. The second kappa shape index (κ2) is 9.98. The monoisotopic (exact) mass is 417 g/mol. The standard InChI is InChI=1S/C21H27N3O2S2/c1-15(2)20(26)22-10-9-17-14-28-21(23-17)16-5-3-11-24(13-16)19(25)8-7-18-6-4-12-27-18/h4,6-8,12,14-16H,3,5,9-11,13H2,1-2H3,(H,22,26)/b8-7+/t16-/m0/s1. The minimum absolute atomic E-state index is 0.00520. The van der Waals surface area contributed by atoms with Crippen LogP contribution in [0.2, 0.25) is 0 Å². The van der Waals surface area contributed by atoms with Gasteiger partial charge in [-0.1, -0.05) is 19.9 Å². The van der Waals surface area contributed by atoms with E-state index in [-0.39, 0.29) is 17.7 Å². The first kappa shape index (κ1) is 20.7. The van der Waals surface area contributed by atoms with Crippen molar-refractivity contribution >= 4 is 40.6 Å². The Morgan fingerprint density at radius 3 is 3.00 bits per heavy atom. The van der Waals surface area contributed by atoms with Crippen molar-refractivity contribution in [1.82, 2.24) is 15.2 Å². The van der Waals surface area contributed by atoms with Crippen LogP contribution in [0.25, 0.3) is 6.08 Å². The van der Waals surface area contributed by atoms with Gasteiger partial charge in [0.25, 0.3) is 0 Å². The van der Waals surface area contributed by atoms with Crippen LogP contribution >= 0.6 is 22.7 Å². The SMILES string of the molecule is CC(C)C(=O)NCCc1csc([C@H]2CCCN(C(=O)/C=C/c3cccs3)C2)n1. The molecule has 0 saturated carbocycles. The van der Waals surface area contributed by atoms with Crippen LogP contribution in [-0.2, 0) is 16.0 Å². The Morgan fingerprint density at radius 2 is 2.25 bits per heavy atom. The van der Waals surface area contributed by atoms with Crippen molar-refractivity contribution in [2.75, 3.05) is 19.6 Å². The molecule has 0 unspecified atom stereocenters. The lowest BCUT2D eigenvalue weighted by molar-refractivity contribution is -0.127. The highest BCUT2D eigenvalue weighted by Gasteiger charge is 2.25. The van der Waals surface area contributed by atoms with E-state index in [0.717, 1.165) is 47.9 Å². The quantitative estimate of drug-likeness (QED) is 0.694. The molecule has 2 aromatic heterocycles. The van der Waals surface area contributed by atoms with Gasteiger partial charge in [-0.3, -0.25) is 9.59 Å². The zero-order chi connectivity index (χ0) is 19.9. The number of nitrogens with zero attached hydrogens (tertiary/aromatic N) is 2. The fourth-order valence-corrected chi connectivity index (χ4v) is 4.77. The summed E-state index contributed by atoms with van der Waals surface area (Å²) in [6, 6.07) is 3.99. The Labute approximate surface area is 174 Å². The molecular weight excluding hydrogens is 390 g/mol. The van der Waals surface area contributed by atoms with E-state index in [4.69, 9.17) is 4.98 Å². The van der Waals surface area contributed by atoms with Crippen molar-refractivity contribution in [3.05, 3.63) is 44.5 Å². The Balaban J connectivity index is 1.52. The Bertz CT molecular complexity index is 811. The van der Waals surface area contributed by atoms with E-state index < -0.39 is 0 Å². The molecule has 3 heterocycles. The van der Waals surface area contributed by atoms with Gasteiger partial charge in [0, 0.05) is 54.2 Å². The number of likely N-dealkylation sites (tertiary alicyclic amines) is 1. The van der Waals surface area contributed by atoms with Gasteiger partial charge in [-0.15, -0.1) is 22.7 Å². The number of amides is 2. The third-order valence-corrected chi connectivity index (χ3v) is 6.68. The van der Waals surface area contributed by atoms with Gasteiger partial charge in [0.1, 0.15) is 0 Å². The predicted molar refractivity (Wildman–Crippen MR) is 116 cm³/mol. The molecule has 0 aliphatic carbocycles. The molecular formula is C21H27N3O2S2. The summed E-state index contributed by atoms with van der Waals surface area (Å²) in [7, 11) is 0. The van der Waals surface area contributed by atoms with Crippen molar-refractivity contribution in [1.29, 1.82) is 0 Å². The molecule has 5 nitrogen and oxygen atoms in total. The first-order valence-electron chi connectivity index (χ1n) is 9.75. The number of carbonyl (C=O) groups excluding carboxylic acids is 2. The van der Waals surface area contributed by atoms with Crippen molar-refractivity contribution in [2.24, 2.45) is 5.92 Å². The van der Waals surface area contributed by atoms with Crippen LogP contribution < -0.4 is 5.32 Å². The molecule has 1 fully saturated rings. The number of piperidine rings is 1. The molecule has 1 aliphatic heterocycles. The zero-order valence-corrected chi connectivity index (χ0v) is 18.0. The number of nitrogens with one attached hydrogen (secondary N) is 1. The third kappa shape index (κ3) is 5.75.